The number of carbonyl (C=O) groups is 4. The molecule has 3 rings (SSSR count). The number of nitrogens with one attached hydrogen (secondary N) is 4. The molecule has 0 spiro atoms. The van der Waals surface area contributed by atoms with Crippen LogP contribution in [0.25, 0.3) is 0 Å². The lowest BCUT2D eigenvalue weighted by Crippen LogP contribution is -2.46. The van der Waals surface area contributed by atoms with Crippen LogP contribution in [0.4, 0.5) is 10.5 Å². The van der Waals surface area contributed by atoms with Gasteiger partial charge in [0.15, 0.2) is 0 Å². The molecule has 222 valence electrons. The molecule has 11 heteroatoms. The Morgan fingerprint density at radius 2 is 1.36 bits per heavy atom. The molecule has 0 heterocycles. The fourth-order valence-electron chi connectivity index (χ4n) is 3.60. The van der Waals surface area contributed by atoms with Crippen LogP contribution in [-0.2, 0) is 27.5 Å². The number of benzene rings is 3. The van der Waals surface area contributed by atoms with E-state index in [0.29, 0.717) is 23.5 Å². The predicted molar refractivity (Wildman–Crippen MR) is 157 cm³/mol. The SMILES string of the molecule is CC(C)(CO)C(O)C(=O)NCCC(=O)C(=O)NCc1ccc(NC(=O)NCc2ccc(Oc3ccccc3)cc2)cc1. The van der Waals surface area contributed by atoms with Gasteiger partial charge >= 0.3 is 6.03 Å². The normalized spacial score (nSPS) is 11.6. The van der Waals surface area contributed by atoms with Gasteiger partial charge in [0.1, 0.15) is 17.6 Å². The maximum atomic E-state index is 12.3. The number of hydrogen-bond donors (Lipinski definition) is 6. The summed E-state index contributed by atoms with van der Waals surface area (Å²) in [5, 5.41) is 29.6. The van der Waals surface area contributed by atoms with Crippen molar-refractivity contribution in [2.24, 2.45) is 5.41 Å². The van der Waals surface area contributed by atoms with Crippen LogP contribution in [0.15, 0.2) is 78.9 Å². The van der Waals surface area contributed by atoms with Crippen molar-refractivity contribution in [1.82, 2.24) is 16.0 Å². The first kappa shape index (κ1) is 31.8. The van der Waals surface area contributed by atoms with Crippen molar-refractivity contribution in [3.05, 3.63) is 90.0 Å². The smallest absolute Gasteiger partial charge is 0.319 e. The molecule has 1 atom stereocenters. The fourth-order valence-corrected chi connectivity index (χ4v) is 3.60. The zero-order chi connectivity index (χ0) is 30.5. The first-order valence-electron chi connectivity index (χ1n) is 13.4. The van der Waals surface area contributed by atoms with Crippen LogP contribution in [-0.4, -0.2) is 53.1 Å². The second kappa shape index (κ2) is 15.3. The van der Waals surface area contributed by atoms with Crippen molar-refractivity contribution in [1.29, 1.82) is 0 Å². The number of para-hydroxylation sites is 1. The molecule has 1 unspecified atom stereocenters. The number of carbonyl (C=O) groups excluding carboxylic acids is 4. The summed E-state index contributed by atoms with van der Waals surface area (Å²) in [5.41, 5.74) is 1.12. The van der Waals surface area contributed by atoms with Gasteiger partial charge in [0, 0.05) is 37.2 Å². The van der Waals surface area contributed by atoms with E-state index in [4.69, 9.17) is 4.74 Å². The molecule has 4 amide bonds. The molecular formula is C31H36N4O7. The third-order valence-electron chi connectivity index (χ3n) is 6.32. The summed E-state index contributed by atoms with van der Waals surface area (Å²) in [4.78, 5) is 48.4. The standard InChI is InChI=1S/C31H36N4O7/c1-31(2,20-36)27(38)29(40)32-17-16-26(37)28(39)33-18-21-8-12-23(13-9-21)35-30(41)34-19-22-10-14-25(15-11-22)42-24-6-4-3-5-7-24/h3-15,27,36,38H,16-20H2,1-2H3,(H,32,40)(H,33,39)(H2,34,35,41). The third-order valence-corrected chi connectivity index (χ3v) is 6.32. The highest BCUT2D eigenvalue weighted by molar-refractivity contribution is 6.36. The van der Waals surface area contributed by atoms with Crippen LogP contribution < -0.4 is 26.0 Å². The number of aliphatic hydroxyl groups is 2. The van der Waals surface area contributed by atoms with Crippen LogP contribution in [0.5, 0.6) is 11.5 Å². The molecule has 0 aromatic heterocycles. The minimum absolute atomic E-state index is 0.0940. The molecule has 0 aliphatic heterocycles. The Morgan fingerprint density at radius 1 is 0.786 bits per heavy atom. The summed E-state index contributed by atoms with van der Waals surface area (Å²) in [7, 11) is 0. The molecule has 0 aliphatic rings. The van der Waals surface area contributed by atoms with E-state index in [2.05, 4.69) is 21.3 Å². The van der Waals surface area contributed by atoms with Gasteiger partial charge in [-0.3, -0.25) is 14.4 Å². The van der Waals surface area contributed by atoms with Crippen molar-refractivity contribution in [3.8, 4) is 11.5 Å². The molecule has 0 bridgehead atoms. The largest absolute Gasteiger partial charge is 0.457 e. The molecular weight excluding hydrogens is 540 g/mol. The van der Waals surface area contributed by atoms with Gasteiger partial charge in [0.05, 0.1) is 6.61 Å². The van der Waals surface area contributed by atoms with E-state index >= 15 is 0 Å². The van der Waals surface area contributed by atoms with Crippen molar-refractivity contribution in [3.63, 3.8) is 0 Å². The zero-order valence-electron chi connectivity index (χ0n) is 23.6. The molecule has 11 nitrogen and oxygen atoms in total. The zero-order valence-corrected chi connectivity index (χ0v) is 23.6. The predicted octanol–water partition coefficient (Wildman–Crippen LogP) is 2.87. The number of ketones is 1. The Bertz CT molecular complexity index is 1340. The van der Waals surface area contributed by atoms with Gasteiger partial charge in [0.2, 0.25) is 11.7 Å². The Hall–Kier alpha value is -4.74. The number of anilines is 1. The number of amides is 4. The van der Waals surface area contributed by atoms with Crippen molar-refractivity contribution >= 4 is 29.3 Å². The summed E-state index contributed by atoms with van der Waals surface area (Å²) < 4.78 is 5.77. The minimum Gasteiger partial charge on any atom is -0.457 e. The highest BCUT2D eigenvalue weighted by Gasteiger charge is 2.32. The summed E-state index contributed by atoms with van der Waals surface area (Å²) in [6.07, 6.45) is -1.69. The van der Waals surface area contributed by atoms with E-state index < -0.39 is 35.7 Å². The highest BCUT2D eigenvalue weighted by Crippen LogP contribution is 2.21. The van der Waals surface area contributed by atoms with Gasteiger partial charge < -0.3 is 36.2 Å². The lowest BCUT2D eigenvalue weighted by Gasteiger charge is -2.27. The Labute approximate surface area is 244 Å². The number of rotatable bonds is 14. The Morgan fingerprint density at radius 3 is 1.98 bits per heavy atom. The number of hydrogen-bond acceptors (Lipinski definition) is 7. The first-order valence-corrected chi connectivity index (χ1v) is 13.4. The van der Waals surface area contributed by atoms with Gasteiger partial charge in [-0.15, -0.1) is 0 Å². The molecule has 3 aromatic carbocycles. The van der Waals surface area contributed by atoms with E-state index in [1.165, 1.54) is 13.8 Å². The molecule has 3 aromatic rings. The molecule has 0 radical (unpaired) electrons. The molecule has 42 heavy (non-hydrogen) atoms. The summed E-state index contributed by atoms with van der Waals surface area (Å²) in [5.74, 6) is -0.822. The van der Waals surface area contributed by atoms with Crippen LogP contribution in [0.1, 0.15) is 31.4 Å². The van der Waals surface area contributed by atoms with Gasteiger partial charge in [-0.25, -0.2) is 4.79 Å². The van der Waals surface area contributed by atoms with Gasteiger partial charge in [-0.2, -0.15) is 0 Å². The van der Waals surface area contributed by atoms with E-state index in [-0.39, 0.29) is 25.5 Å². The highest BCUT2D eigenvalue weighted by atomic mass is 16.5. The summed E-state index contributed by atoms with van der Waals surface area (Å²) >= 11 is 0. The van der Waals surface area contributed by atoms with Crippen molar-refractivity contribution in [2.75, 3.05) is 18.5 Å². The lowest BCUT2D eigenvalue weighted by molar-refractivity contribution is -0.139. The number of urea groups is 1. The van der Waals surface area contributed by atoms with Crippen LogP contribution in [0.3, 0.4) is 0 Å². The van der Waals surface area contributed by atoms with Gasteiger partial charge in [-0.1, -0.05) is 56.3 Å². The van der Waals surface area contributed by atoms with Crippen LogP contribution in [0.2, 0.25) is 0 Å². The second-order valence-corrected chi connectivity index (χ2v) is 10.3. The molecule has 6 N–H and O–H groups in total. The van der Waals surface area contributed by atoms with Crippen LogP contribution >= 0.6 is 0 Å². The first-order chi connectivity index (χ1) is 20.1. The minimum atomic E-state index is -1.45. The molecule has 0 aliphatic carbocycles. The molecule has 0 saturated carbocycles. The summed E-state index contributed by atoms with van der Waals surface area (Å²) in [6, 6.07) is 23.2. The molecule has 0 fully saturated rings. The number of Topliss-reactive ketones (excluding diaryl/α,β-unsaturated/α-hetero) is 1. The fraction of sp³-hybridized carbons (Fsp3) is 0.290. The topological polar surface area (TPSA) is 166 Å². The maximum Gasteiger partial charge on any atom is 0.319 e. The maximum absolute atomic E-state index is 12.3. The second-order valence-electron chi connectivity index (χ2n) is 10.3. The number of ether oxygens (including phenoxy) is 1. The average Bonchev–Trinajstić information content (AvgIpc) is 3.00. The van der Waals surface area contributed by atoms with Gasteiger partial charge in [0.25, 0.3) is 5.91 Å². The van der Waals surface area contributed by atoms with Gasteiger partial charge in [-0.05, 0) is 47.5 Å². The molecule has 0 saturated heterocycles. The quantitative estimate of drug-likeness (QED) is 0.161. The van der Waals surface area contributed by atoms with E-state index in [1.54, 1.807) is 24.3 Å². The third kappa shape index (κ3) is 10.0. The summed E-state index contributed by atoms with van der Waals surface area (Å²) in [6.45, 7) is 2.95. The lowest BCUT2D eigenvalue weighted by atomic mass is 9.87. The number of aliphatic hydroxyl groups excluding tert-OH is 2. The average molecular weight is 577 g/mol. The van der Waals surface area contributed by atoms with E-state index in [0.717, 1.165) is 11.3 Å². The van der Waals surface area contributed by atoms with E-state index in [9.17, 15) is 29.4 Å². The monoisotopic (exact) mass is 576 g/mol. The van der Waals surface area contributed by atoms with Crippen molar-refractivity contribution < 1.29 is 34.1 Å². The Kier molecular flexibility index (Phi) is 11.6. The van der Waals surface area contributed by atoms with Crippen LogP contribution in [0, 0.1) is 5.41 Å². The van der Waals surface area contributed by atoms with E-state index in [1.807, 2.05) is 54.6 Å². The van der Waals surface area contributed by atoms with Crippen molar-refractivity contribution in [2.45, 2.75) is 39.5 Å². The Balaban J connectivity index is 1.35.